The molecule has 7 rings (SSSR count). The van der Waals surface area contributed by atoms with Crippen LogP contribution in [-0.2, 0) is 16.1 Å². The minimum Gasteiger partial charge on any atom is -0.497 e. The number of carbonyl (C=O) groups is 4. The van der Waals surface area contributed by atoms with Crippen LogP contribution in [0.4, 0.5) is 10.6 Å². The molecule has 3 aromatic rings. The molecule has 4 aliphatic rings. The highest BCUT2D eigenvalue weighted by atomic mass is 32.1. The molecule has 2 aliphatic heterocycles. The molecule has 5 amide bonds. The van der Waals surface area contributed by atoms with Crippen LogP contribution in [0, 0.1) is 5.92 Å². The van der Waals surface area contributed by atoms with Crippen molar-refractivity contribution in [1.82, 2.24) is 25.1 Å². The normalized spacial score (nSPS) is 20.8. The monoisotopic (exact) mass is 604 g/mol. The van der Waals surface area contributed by atoms with E-state index in [1.165, 1.54) is 4.90 Å². The maximum Gasteiger partial charge on any atom is 0.323 e. The van der Waals surface area contributed by atoms with Crippen LogP contribution < -0.4 is 20.1 Å². The highest BCUT2D eigenvalue weighted by Gasteiger charge is 2.41. The maximum absolute atomic E-state index is 13.5. The highest BCUT2D eigenvalue weighted by Crippen LogP contribution is 2.47. The zero-order valence-corrected chi connectivity index (χ0v) is 24.7. The van der Waals surface area contributed by atoms with Gasteiger partial charge in [0.25, 0.3) is 5.91 Å². The number of urea groups is 1. The number of nitrogens with zero attached hydrogens (tertiary/aromatic N) is 4. The van der Waals surface area contributed by atoms with E-state index >= 15 is 0 Å². The van der Waals surface area contributed by atoms with Crippen molar-refractivity contribution >= 4 is 51.1 Å². The highest BCUT2D eigenvalue weighted by molar-refractivity contribution is 7.18. The van der Waals surface area contributed by atoms with Gasteiger partial charge >= 0.3 is 6.03 Å². The Morgan fingerprint density at radius 2 is 1.95 bits per heavy atom. The molecule has 2 aromatic heterocycles. The van der Waals surface area contributed by atoms with Crippen LogP contribution in [0.3, 0.4) is 0 Å². The van der Waals surface area contributed by atoms with Gasteiger partial charge in [-0.15, -0.1) is 11.3 Å². The Bertz CT molecular complexity index is 1650. The van der Waals surface area contributed by atoms with Gasteiger partial charge in [0.05, 0.1) is 41.8 Å². The van der Waals surface area contributed by atoms with Crippen molar-refractivity contribution in [3.8, 4) is 11.5 Å². The zero-order valence-electron chi connectivity index (χ0n) is 23.9. The predicted molar refractivity (Wildman–Crippen MR) is 157 cm³/mol. The third kappa shape index (κ3) is 5.15. The van der Waals surface area contributed by atoms with E-state index in [0.717, 1.165) is 47.3 Å². The van der Waals surface area contributed by atoms with E-state index in [9.17, 15) is 19.2 Å². The van der Waals surface area contributed by atoms with Gasteiger partial charge in [0.1, 0.15) is 28.1 Å². The van der Waals surface area contributed by atoms with Crippen LogP contribution >= 0.6 is 11.3 Å². The molecule has 1 aromatic carbocycles. The van der Waals surface area contributed by atoms with E-state index in [2.05, 4.69) is 15.6 Å². The molecule has 0 bridgehead atoms. The van der Waals surface area contributed by atoms with Crippen molar-refractivity contribution in [2.45, 2.75) is 69.7 Å². The molecule has 3 fully saturated rings. The molecular formula is C30H32N6O6S. The van der Waals surface area contributed by atoms with Crippen molar-refractivity contribution in [1.29, 1.82) is 0 Å². The molecule has 2 saturated carbocycles. The lowest BCUT2D eigenvalue weighted by Crippen LogP contribution is -2.52. The first-order chi connectivity index (χ1) is 20.8. The third-order valence-corrected chi connectivity index (χ3v) is 9.77. The number of hydrogen-bond acceptors (Lipinski definition) is 9. The number of pyridine rings is 1. The van der Waals surface area contributed by atoms with Crippen LogP contribution in [0.25, 0.3) is 10.2 Å². The van der Waals surface area contributed by atoms with Gasteiger partial charge in [-0.2, -0.15) is 0 Å². The average Bonchev–Trinajstić information content (AvgIpc) is 3.62. The van der Waals surface area contributed by atoms with Crippen molar-refractivity contribution in [2.75, 3.05) is 19.5 Å². The van der Waals surface area contributed by atoms with Crippen LogP contribution in [0.2, 0.25) is 0 Å². The molecular weight excluding hydrogens is 572 g/mol. The summed E-state index contributed by atoms with van der Waals surface area (Å²) in [7, 11) is 3.40. The minimum absolute atomic E-state index is 0.130. The van der Waals surface area contributed by atoms with E-state index < -0.39 is 11.9 Å². The van der Waals surface area contributed by atoms with E-state index in [1.807, 2.05) is 12.1 Å². The van der Waals surface area contributed by atoms with E-state index in [-0.39, 0.29) is 49.4 Å². The Kier molecular flexibility index (Phi) is 6.91. The Hall–Kier alpha value is -4.26. The van der Waals surface area contributed by atoms with Gasteiger partial charge < -0.3 is 19.3 Å². The molecule has 2 aliphatic carbocycles. The molecule has 2 atom stereocenters. The molecule has 12 nitrogen and oxygen atoms in total. The second-order valence-electron chi connectivity index (χ2n) is 11.6. The lowest BCUT2D eigenvalue weighted by molar-refractivity contribution is -0.136. The number of fused-ring (bicyclic) bond motifs is 2. The smallest absolute Gasteiger partial charge is 0.323 e. The quantitative estimate of drug-likeness (QED) is 0.367. The van der Waals surface area contributed by atoms with Gasteiger partial charge in [-0.25, -0.2) is 14.8 Å². The molecule has 43 heavy (non-hydrogen) atoms. The van der Waals surface area contributed by atoms with Crippen LogP contribution in [-0.4, -0.2) is 69.8 Å². The summed E-state index contributed by atoms with van der Waals surface area (Å²) in [5.74, 6) is 0.905. The molecule has 0 radical (unpaired) electrons. The summed E-state index contributed by atoms with van der Waals surface area (Å²) in [5, 5.41) is 6.03. The molecule has 1 saturated heterocycles. The fraction of sp³-hybridized carbons (Fsp3) is 0.467. The van der Waals surface area contributed by atoms with Crippen LogP contribution in [0.1, 0.15) is 72.0 Å². The number of piperidine rings is 1. The minimum atomic E-state index is -0.726. The molecule has 1 unspecified atom stereocenters. The third-order valence-electron chi connectivity index (χ3n) is 8.70. The van der Waals surface area contributed by atoms with E-state index in [4.69, 9.17) is 14.5 Å². The maximum atomic E-state index is 13.5. The fourth-order valence-corrected chi connectivity index (χ4v) is 7.17. The number of methoxy groups -OCH3 is 1. The summed E-state index contributed by atoms with van der Waals surface area (Å²) in [6.07, 6.45) is 5.87. The Morgan fingerprint density at radius 3 is 2.65 bits per heavy atom. The van der Waals surface area contributed by atoms with Gasteiger partial charge in [-0.3, -0.25) is 25.0 Å². The number of anilines is 1. The van der Waals surface area contributed by atoms with Gasteiger partial charge in [0, 0.05) is 19.5 Å². The van der Waals surface area contributed by atoms with Crippen molar-refractivity contribution < 1.29 is 28.7 Å². The zero-order chi connectivity index (χ0) is 29.8. The molecule has 4 heterocycles. The Balaban J connectivity index is 1.09. The molecule has 0 spiro atoms. The predicted octanol–water partition coefficient (Wildman–Crippen LogP) is 4.01. The SMILES string of the molecule is COc1cc(OC2CCC2)c2nc([C@H](C3CC3)N(C)C(=O)Nc3ccc4c(n3)CN(C3CCC(=O)NC3=O)C4=O)sc2c1. The first-order valence-electron chi connectivity index (χ1n) is 14.6. The second-order valence-corrected chi connectivity index (χ2v) is 12.7. The first kappa shape index (κ1) is 27.6. The number of carbonyl (C=O) groups excluding carboxylic acids is 4. The van der Waals surface area contributed by atoms with E-state index in [0.29, 0.717) is 34.5 Å². The summed E-state index contributed by atoms with van der Waals surface area (Å²) in [5.41, 5.74) is 1.66. The van der Waals surface area contributed by atoms with Gasteiger partial charge in [-0.1, -0.05) is 0 Å². The first-order valence-corrected chi connectivity index (χ1v) is 15.4. The average molecular weight is 605 g/mol. The van der Waals surface area contributed by atoms with Crippen LogP contribution in [0.5, 0.6) is 11.5 Å². The number of rotatable bonds is 8. The number of benzene rings is 1. The van der Waals surface area contributed by atoms with Gasteiger partial charge in [0.2, 0.25) is 11.8 Å². The summed E-state index contributed by atoms with van der Waals surface area (Å²) in [6.45, 7) is 0.130. The van der Waals surface area contributed by atoms with Crippen LogP contribution in [0.15, 0.2) is 24.3 Å². The lowest BCUT2D eigenvalue weighted by atomic mass is 9.96. The summed E-state index contributed by atoms with van der Waals surface area (Å²) in [4.78, 5) is 63.1. The number of hydrogen-bond donors (Lipinski definition) is 2. The fourth-order valence-electron chi connectivity index (χ4n) is 5.92. The number of amides is 5. The summed E-state index contributed by atoms with van der Waals surface area (Å²) >= 11 is 1.55. The van der Waals surface area contributed by atoms with E-state index in [1.54, 1.807) is 42.5 Å². The Labute approximate surface area is 251 Å². The Morgan fingerprint density at radius 1 is 1.14 bits per heavy atom. The topological polar surface area (TPSA) is 143 Å². The number of imide groups is 1. The summed E-state index contributed by atoms with van der Waals surface area (Å²) in [6, 6.07) is 5.78. The van der Waals surface area contributed by atoms with Crippen molar-refractivity contribution in [3.63, 3.8) is 0 Å². The molecule has 13 heteroatoms. The number of thiazole rings is 1. The standard InChI is InChI=1S/C30H32N6O6S/c1-35(26(15-6-7-15)28-34-25-21(42-16-4-3-5-16)12-17(41-2)13-22(25)43-28)30(40)32-23-10-8-18-19(31-23)14-36(29(18)39)20-9-11-24(37)33-27(20)38/h8,10,12-13,15-16,20,26H,3-7,9,11,14H2,1-2H3,(H,31,32,40)(H,33,37,38)/t20?,26-/m0/s1. The second kappa shape index (κ2) is 10.8. The van der Waals surface area contributed by atoms with Crippen molar-refractivity contribution in [2.24, 2.45) is 5.92 Å². The van der Waals surface area contributed by atoms with Gasteiger partial charge in [0.15, 0.2) is 5.75 Å². The number of aromatic nitrogens is 2. The lowest BCUT2D eigenvalue weighted by Gasteiger charge is -2.29. The number of nitrogens with one attached hydrogen (secondary N) is 2. The largest absolute Gasteiger partial charge is 0.497 e. The van der Waals surface area contributed by atoms with Gasteiger partial charge in [-0.05, 0) is 62.6 Å². The van der Waals surface area contributed by atoms with Crippen molar-refractivity contribution in [3.05, 3.63) is 40.5 Å². The summed E-state index contributed by atoms with van der Waals surface area (Å²) < 4.78 is 12.7. The number of ether oxygens (including phenoxy) is 2. The molecule has 2 N–H and O–H groups in total. The molecule has 224 valence electrons.